The Morgan fingerprint density at radius 2 is 2.17 bits per heavy atom. The summed E-state index contributed by atoms with van der Waals surface area (Å²) < 4.78 is 35.4. The Morgan fingerprint density at radius 1 is 1.50 bits per heavy atom. The first-order valence-corrected chi connectivity index (χ1v) is 7.77. The second-order valence-electron chi connectivity index (χ2n) is 3.97. The number of hydrogen-bond donors (Lipinski definition) is 2. The van der Waals surface area contributed by atoms with Crippen molar-refractivity contribution in [3.05, 3.63) is 29.6 Å². The van der Waals surface area contributed by atoms with Crippen LogP contribution in [0.15, 0.2) is 18.2 Å². The fraction of sp³-hybridized carbons (Fsp3) is 0.364. The van der Waals surface area contributed by atoms with E-state index in [1.807, 2.05) is 0 Å². The van der Waals surface area contributed by atoms with Gasteiger partial charge in [0.25, 0.3) is 0 Å². The van der Waals surface area contributed by atoms with Gasteiger partial charge in [-0.15, -0.1) is 0 Å². The van der Waals surface area contributed by atoms with Gasteiger partial charge in [0.2, 0.25) is 0 Å². The minimum Gasteiger partial charge on any atom is -0.389 e. The number of nitrogens with two attached hydrogens (primary N) is 1. The highest BCUT2D eigenvalue weighted by atomic mass is 32.2. The molecule has 3 N–H and O–H groups in total. The molecule has 0 spiro atoms. The summed E-state index contributed by atoms with van der Waals surface area (Å²) in [6.07, 6.45) is 1.60. The maximum atomic E-state index is 13.6. The van der Waals surface area contributed by atoms with Crippen molar-refractivity contribution in [3.63, 3.8) is 0 Å². The minimum atomic E-state index is -2.97. The van der Waals surface area contributed by atoms with Crippen molar-refractivity contribution >= 4 is 32.7 Å². The second kappa shape index (κ2) is 6.10. The molecular formula is C11H15FN2O2S2. The maximum absolute atomic E-state index is 13.6. The number of anilines is 1. The van der Waals surface area contributed by atoms with E-state index in [2.05, 4.69) is 5.32 Å². The third kappa shape index (κ3) is 4.97. The molecule has 0 aliphatic carbocycles. The monoisotopic (exact) mass is 290 g/mol. The largest absolute Gasteiger partial charge is 0.389 e. The van der Waals surface area contributed by atoms with E-state index in [0.717, 1.165) is 0 Å². The van der Waals surface area contributed by atoms with E-state index >= 15 is 0 Å². The van der Waals surface area contributed by atoms with Gasteiger partial charge in [0.15, 0.2) is 0 Å². The topological polar surface area (TPSA) is 72.2 Å². The molecule has 0 fully saturated rings. The zero-order valence-electron chi connectivity index (χ0n) is 9.94. The molecule has 0 amide bonds. The van der Waals surface area contributed by atoms with Gasteiger partial charge in [-0.25, -0.2) is 12.8 Å². The van der Waals surface area contributed by atoms with Crippen LogP contribution in [0.4, 0.5) is 10.1 Å². The zero-order valence-corrected chi connectivity index (χ0v) is 11.6. The smallest absolute Gasteiger partial charge is 0.147 e. The lowest BCUT2D eigenvalue weighted by atomic mass is 10.2. The van der Waals surface area contributed by atoms with Crippen LogP contribution in [-0.2, 0) is 9.84 Å². The summed E-state index contributed by atoms with van der Waals surface area (Å²) in [4.78, 5) is 0.137. The van der Waals surface area contributed by atoms with E-state index in [-0.39, 0.29) is 10.7 Å². The van der Waals surface area contributed by atoms with E-state index in [1.165, 1.54) is 18.4 Å². The molecule has 0 heterocycles. The van der Waals surface area contributed by atoms with Crippen LogP contribution in [0.3, 0.4) is 0 Å². The molecule has 4 nitrogen and oxygen atoms in total. The molecule has 0 aromatic heterocycles. The summed E-state index contributed by atoms with van der Waals surface area (Å²) in [5, 5.41) is 2.83. The van der Waals surface area contributed by atoms with Crippen LogP contribution in [0.5, 0.6) is 0 Å². The van der Waals surface area contributed by atoms with Gasteiger partial charge in [-0.1, -0.05) is 12.2 Å². The first-order chi connectivity index (χ1) is 8.29. The normalized spacial score (nSPS) is 11.2. The number of nitrogens with one attached hydrogen (secondary N) is 1. The van der Waals surface area contributed by atoms with Gasteiger partial charge in [-0.3, -0.25) is 0 Å². The number of sulfone groups is 1. The van der Waals surface area contributed by atoms with E-state index < -0.39 is 15.7 Å². The summed E-state index contributed by atoms with van der Waals surface area (Å²) >= 11 is 4.74. The van der Waals surface area contributed by atoms with Gasteiger partial charge in [0.1, 0.15) is 20.6 Å². The highest BCUT2D eigenvalue weighted by Crippen LogP contribution is 2.15. The summed E-state index contributed by atoms with van der Waals surface area (Å²) in [5.41, 5.74) is 6.15. The third-order valence-corrected chi connectivity index (χ3v) is 3.53. The average molecular weight is 290 g/mol. The van der Waals surface area contributed by atoms with Crippen molar-refractivity contribution in [2.45, 2.75) is 6.42 Å². The molecular weight excluding hydrogens is 275 g/mol. The van der Waals surface area contributed by atoms with E-state index in [1.54, 1.807) is 6.07 Å². The number of rotatable bonds is 6. The van der Waals surface area contributed by atoms with Crippen LogP contribution in [0.25, 0.3) is 0 Å². The van der Waals surface area contributed by atoms with Gasteiger partial charge in [0, 0.05) is 18.4 Å². The van der Waals surface area contributed by atoms with Crippen molar-refractivity contribution in [2.24, 2.45) is 5.73 Å². The molecule has 0 radical (unpaired) electrons. The zero-order chi connectivity index (χ0) is 13.8. The quantitative estimate of drug-likeness (QED) is 0.610. The lowest BCUT2D eigenvalue weighted by molar-refractivity contribution is 0.599. The fourth-order valence-electron chi connectivity index (χ4n) is 1.37. The predicted octanol–water partition coefficient (Wildman–Crippen LogP) is 1.31. The molecule has 0 unspecified atom stereocenters. The minimum absolute atomic E-state index is 0.0760. The fourth-order valence-corrected chi connectivity index (χ4v) is 2.16. The molecule has 1 rings (SSSR count). The average Bonchev–Trinajstić information content (AvgIpc) is 2.24. The first-order valence-electron chi connectivity index (χ1n) is 5.30. The van der Waals surface area contributed by atoms with Gasteiger partial charge >= 0.3 is 0 Å². The standard InChI is InChI=1S/C11H15FN2O2S2/c1-18(15,16)6-2-5-14-10-4-3-8(11(13)17)7-9(10)12/h3-4,7,14H,2,5-6H2,1H3,(H2,13,17). The Bertz CT molecular complexity index is 544. The number of hydrogen-bond acceptors (Lipinski definition) is 4. The van der Waals surface area contributed by atoms with Crippen LogP contribution in [0, 0.1) is 5.82 Å². The molecule has 100 valence electrons. The molecule has 0 saturated carbocycles. The van der Waals surface area contributed by atoms with Crippen LogP contribution >= 0.6 is 12.2 Å². The summed E-state index contributed by atoms with van der Waals surface area (Å²) in [6.45, 7) is 0.385. The summed E-state index contributed by atoms with van der Waals surface area (Å²) in [5.74, 6) is -0.383. The van der Waals surface area contributed by atoms with Crippen LogP contribution in [0.2, 0.25) is 0 Å². The molecule has 1 aromatic carbocycles. The Balaban J connectivity index is 2.56. The number of benzene rings is 1. The first kappa shape index (κ1) is 14.8. The van der Waals surface area contributed by atoms with Crippen molar-refractivity contribution in [1.82, 2.24) is 0 Å². The van der Waals surface area contributed by atoms with Crippen molar-refractivity contribution in [2.75, 3.05) is 23.9 Å². The Hall–Kier alpha value is -1.21. The van der Waals surface area contributed by atoms with Crippen LogP contribution in [-0.4, -0.2) is 32.0 Å². The molecule has 7 heteroatoms. The number of halogens is 1. The lowest BCUT2D eigenvalue weighted by Gasteiger charge is -2.08. The van der Waals surface area contributed by atoms with Gasteiger partial charge in [-0.05, 0) is 24.6 Å². The molecule has 0 bridgehead atoms. The highest BCUT2D eigenvalue weighted by Gasteiger charge is 2.06. The third-order valence-electron chi connectivity index (χ3n) is 2.26. The Morgan fingerprint density at radius 3 is 2.67 bits per heavy atom. The molecule has 0 aliphatic rings. The molecule has 1 aromatic rings. The molecule has 0 saturated heterocycles. The predicted molar refractivity (Wildman–Crippen MR) is 75.1 cm³/mol. The van der Waals surface area contributed by atoms with E-state index in [0.29, 0.717) is 24.2 Å². The van der Waals surface area contributed by atoms with Gasteiger partial charge < -0.3 is 11.1 Å². The SMILES string of the molecule is CS(=O)(=O)CCCNc1ccc(C(N)=S)cc1F. The van der Waals surface area contributed by atoms with Gasteiger partial charge in [0.05, 0.1) is 11.4 Å². The Kier molecular flexibility index (Phi) is 5.03. The second-order valence-corrected chi connectivity index (χ2v) is 6.67. The number of thiocarbonyl (C=S) groups is 1. The van der Waals surface area contributed by atoms with E-state index in [4.69, 9.17) is 18.0 Å². The van der Waals surface area contributed by atoms with Gasteiger partial charge in [-0.2, -0.15) is 0 Å². The molecule has 0 aliphatic heterocycles. The summed E-state index contributed by atoms with van der Waals surface area (Å²) in [7, 11) is -2.97. The molecule has 18 heavy (non-hydrogen) atoms. The Labute approximate surface area is 111 Å². The van der Waals surface area contributed by atoms with Crippen molar-refractivity contribution in [3.8, 4) is 0 Å². The van der Waals surface area contributed by atoms with Crippen molar-refractivity contribution in [1.29, 1.82) is 0 Å². The maximum Gasteiger partial charge on any atom is 0.147 e. The lowest BCUT2D eigenvalue weighted by Crippen LogP contribution is -2.12. The van der Waals surface area contributed by atoms with E-state index in [9.17, 15) is 12.8 Å². The molecule has 0 atom stereocenters. The van der Waals surface area contributed by atoms with Crippen LogP contribution < -0.4 is 11.1 Å². The van der Waals surface area contributed by atoms with Crippen LogP contribution in [0.1, 0.15) is 12.0 Å². The van der Waals surface area contributed by atoms with Crippen molar-refractivity contribution < 1.29 is 12.8 Å². The summed E-state index contributed by atoms with van der Waals surface area (Å²) in [6, 6.07) is 4.40. The highest BCUT2D eigenvalue weighted by molar-refractivity contribution is 7.90.